The lowest BCUT2D eigenvalue weighted by Gasteiger charge is -2.26. The Morgan fingerprint density at radius 3 is 1.02 bits per heavy atom. The van der Waals surface area contributed by atoms with Gasteiger partial charge in [0.2, 0.25) is 5.91 Å². The largest absolute Gasteiger partial charge is 0.472 e. The number of hydrogen-bond donors (Lipinski definition) is 3. The first-order valence-corrected chi connectivity index (χ1v) is 30.9. The Bertz CT molecular complexity index is 1040. The van der Waals surface area contributed by atoms with Crippen LogP contribution < -0.4 is 5.32 Å². The zero-order chi connectivity index (χ0) is 48.5. The summed E-state index contributed by atoms with van der Waals surface area (Å²) in [6.45, 7) is 4.95. The van der Waals surface area contributed by atoms with Gasteiger partial charge >= 0.3 is 7.82 Å². The maximum absolute atomic E-state index is 13.0. The van der Waals surface area contributed by atoms with Crippen LogP contribution in [0.4, 0.5) is 0 Å². The lowest BCUT2D eigenvalue weighted by Crippen LogP contribution is -2.46. The number of phosphoric acid groups is 1. The van der Waals surface area contributed by atoms with Crippen LogP contribution in [0.15, 0.2) is 0 Å². The highest BCUT2D eigenvalue weighted by Crippen LogP contribution is 2.43. The molecule has 0 aromatic heterocycles. The van der Waals surface area contributed by atoms with E-state index in [9.17, 15) is 19.4 Å². The van der Waals surface area contributed by atoms with E-state index in [4.69, 9.17) is 9.05 Å². The van der Waals surface area contributed by atoms with Gasteiger partial charge in [-0.1, -0.05) is 290 Å². The Labute approximate surface area is 412 Å². The van der Waals surface area contributed by atoms with Crippen molar-refractivity contribution >= 4 is 13.7 Å². The average molecular weight is 959 g/mol. The predicted octanol–water partition coefficient (Wildman–Crippen LogP) is 17.7. The molecule has 0 saturated heterocycles. The Morgan fingerprint density at radius 1 is 0.455 bits per heavy atom. The number of likely N-dealkylation sites (N-methyl/N-ethyl adjacent to an activating group) is 1. The zero-order valence-corrected chi connectivity index (χ0v) is 46.1. The molecule has 0 radical (unpaired) electrons. The van der Waals surface area contributed by atoms with E-state index in [1.807, 2.05) is 21.1 Å². The van der Waals surface area contributed by atoms with Crippen LogP contribution in [-0.4, -0.2) is 73.4 Å². The average Bonchev–Trinajstić information content (AvgIpc) is 3.28. The molecule has 396 valence electrons. The van der Waals surface area contributed by atoms with Crippen molar-refractivity contribution in [3.05, 3.63) is 0 Å². The first-order chi connectivity index (χ1) is 32.0. The van der Waals surface area contributed by atoms with Crippen LogP contribution in [0.2, 0.25) is 0 Å². The third kappa shape index (κ3) is 51.4. The summed E-state index contributed by atoms with van der Waals surface area (Å²) in [6, 6.07) is -0.755. The fraction of sp³-hybridized carbons (Fsp3) is 0.982. The number of nitrogens with one attached hydrogen (secondary N) is 1. The second-order valence-corrected chi connectivity index (χ2v) is 23.2. The highest BCUT2D eigenvalue weighted by Gasteiger charge is 2.28. The van der Waals surface area contributed by atoms with Gasteiger partial charge in [0.05, 0.1) is 39.9 Å². The summed E-state index contributed by atoms with van der Waals surface area (Å²) in [5, 5.41) is 14.1. The molecule has 0 heterocycles. The molecule has 0 bridgehead atoms. The van der Waals surface area contributed by atoms with Crippen molar-refractivity contribution in [2.45, 2.75) is 321 Å². The van der Waals surface area contributed by atoms with Crippen LogP contribution in [-0.2, 0) is 18.4 Å². The number of hydrogen-bond acceptors (Lipinski definition) is 5. The molecule has 9 heteroatoms. The standard InChI is InChI=1S/C57H117N2O6P/c1-6-8-10-12-14-16-18-20-22-24-26-28-29-30-31-33-35-37-39-41-43-45-47-49-51-57(61)58-55(54-65-66(62,63)64-53-52-59(3,4)5)56(60)50-48-46-44-42-40-38-36-34-32-27-25-23-21-19-17-15-13-11-9-7-2/h55-56,60H,6-54H2,1-5H3,(H-,58,61,62,63)/p+1. The van der Waals surface area contributed by atoms with Gasteiger partial charge in [0.25, 0.3) is 0 Å². The highest BCUT2D eigenvalue weighted by molar-refractivity contribution is 7.47. The molecular formula is C57H118N2O6P+. The van der Waals surface area contributed by atoms with E-state index in [-0.39, 0.29) is 19.1 Å². The summed E-state index contributed by atoms with van der Waals surface area (Å²) in [4.78, 5) is 23.3. The van der Waals surface area contributed by atoms with E-state index in [2.05, 4.69) is 19.2 Å². The molecule has 0 saturated carbocycles. The Morgan fingerprint density at radius 2 is 0.727 bits per heavy atom. The summed E-state index contributed by atoms with van der Waals surface area (Å²) in [5.74, 6) is -0.135. The number of aliphatic hydroxyl groups excluding tert-OH is 1. The van der Waals surface area contributed by atoms with E-state index in [1.54, 1.807) is 0 Å². The Hall–Kier alpha value is -0.500. The quantitative estimate of drug-likeness (QED) is 0.0319. The van der Waals surface area contributed by atoms with Gasteiger partial charge in [0, 0.05) is 6.42 Å². The summed E-state index contributed by atoms with van der Waals surface area (Å²) in [7, 11) is 1.64. The summed E-state index contributed by atoms with van der Waals surface area (Å²) >= 11 is 0. The lowest BCUT2D eigenvalue weighted by molar-refractivity contribution is -0.870. The lowest BCUT2D eigenvalue weighted by atomic mass is 10.0. The van der Waals surface area contributed by atoms with Crippen molar-refractivity contribution in [1.29, 1.82) is 0 Å². The molecule has 0 fully saturated rings. The molecule has 0 aromatic carbocycles. The van der Waals surface area contributed by atoms with Crippen molar-refractivity contribution in [3.8, 4) is 0 Å². The van der Waals surface area contributed by atoms with Gasteiger partial charge in [-0.05, 0) is 12.8 Å². The molecule has 1 amide bonds. The van der Waals surface area contributed by atoms with E-state index in [1.165, 1.54) is 244 Å². The topological polar surface area (TPSA) is 105 Å². The van der Waals surface area contributed by atoms with Crippen molar-refractivity contribution in [1.82, 2.24) is 5.32 Å². The van der Waals surface area contributed by atoms with Crippen molar-refractivity contribution in [2.75, 3.05) is 40.9 Å². The second-order valence-electron chi connectivity index (χ2n) is 21.7. The van der Waals surface area contributed by atoms with Crippen molar-refractivity contribution in [2.24, 2.45) is 0 Å². The molecule has 3 unspecified atom stereocenters. The van der Waals surface area contributed by atoms with Gasteiger partial charge in [0.15, 0.2) is 0 Å². The van der Waals surface area contributed by atoms with Crippen LogP contribution in [0, 0.1) is 0 Å². The molecule has 0 aliphatic rings. The molecular weight excluding hydrogens is 840 g/mol. The van der Waals surface area contributed by atoms with E-state index in [0.29, 0.717) is 23.9 Å². The van der Waals surface area contributed by atoms with Gasteiger partial charge in [-0.3, -0.25) is 13.8 Å². The van der Waals surface area contributed by atoms with Crippen LogP contribution in [0.5, 0.6) is 0 Å². The summed E-state index contributed by atoms with van der Waals surface area (Å²) in [6.07, 6.45) is 58.7. The maximum Gasteiger partial charge on any atom is 0.472 e. The molecule has 8 nitrogen and oxygen atoms in total. The zero-order valence-electron chi connectivity index (χ0n) is 45.2. The summed E-state index contributed by atoms with van der Waals surface area (Å²) in [5.41, 5.74) is 0. The van der Waals surface area contributed by atoms with Gasteiger partial charge in [-0.25, -0.2) is 4.57 Å². The number of unbranched alkanes of at least 4 members (excludes halogenated alkanes) is 42. The van der Waals surface area contributed by atoms with Gasteiger partial charge < -0.3 is 19.8 Å². The van der Waals surface area contributed by atoms with Crippen LogP contribution in [0.3, 0.4) is 0 Å². The molecule has 0 aliphatic heterocycles. The number of carbonyl (C=O) groups is 1. The first-order valence-electron chi connectivity index (χ1n) is 29.4. The fourth-order valence-corrected chi connectivity index (χ4v) is 9.96. The predicted molar refractivity (Wildman–Crippen MR) is 286 cm³/mol. The molecule has 66 heavy (non-hydrogen) atoms. The van der Waals surface area contributed by atoms with Crippen molar-refractivity contribution in [3.63, 3.8) is 0 Å². The molecule has 0 rings (SSSR count). The number of phosphoric ester groups is 1. The number of aliphatic hydroxyl groups is 1. The Kier molecular flexibility index (Phi) is 49.1. The Balaban J connectivity index is 4.11. The molecule has 0 aromatic rings. The SMILES string of the molecule is CCCCCCCCCCCCCCCCCCCCCCCCCCC(=O)NC(COP(=O)(O)OCC[N+](C)(C)C)C(O)CCCCCCCCCCCCCCCCCCCCCC. The number of amides is 1. The van der Waals surface area contributed by atoms with E-state index < -0.39 is 20.0 Å². The second kappa shape index (κ2) is 49.5. The molecule has 3 N–H and O–H groups in total. The minimum absolute atomic E-state index is 0.0792. The monoisotopic (exact) mass is 958 g/mol. The van der Waals surface area contributed by atoms with E-state index in [0.717, 1.165) is 38.5 Å². The van der Waals surface area contributed by atoms with E-state index >= 15 is 0 Å². The number of rotatable bonds is 55. The number of nitrogens with zero attached hydrogens (tertiary/aromatic N) is 1. The van der Waals surface area contributed by atoms with Gasteiger partial charge in [0.1, 0.15) is 13.2 Å². The smallest absolute Gasteiger partial charge is 0.391 e. The minimum atomic E-state index is -4.32. The third-order valence-electron chi connectivity index (χ3n) is 13.9. The van der Waals surface area contributed by atoms with Crippen LogP contribution >= 0.6 is 7.82 Å². The fourth-order valence-electron chi connectivity index (χ4n) is 9.23. The minimum Gasteiger partial charge on any atom is -0.391 e. The molecule has 0 aliphatic carbocycles. The number of carbonyl (C=O) groups excluding carboxylic acids is 1. The van der Waals surface area contributed by atoms with Crippen molar-refractivity contribution < 1.29 is 32.9 Å². The van der Waals surface area contributed by atoms with Gasteiger partial charge in [-0.2, -0.15) is 0 Å². The highest BCUT2D eigenvalue weighted by atomic mass is 31.2. The normalized spacial score (nSPS) is 13.9. The van der Waals surface area contributed by atoms with Gasteiger partial charge in [-0.15, -0.1) is 0 Å². The first kappa shape index (κ1) is 65.5. The summed E-state index contributed by atoms with van der Waals surface area (Å²) < 4.78 is 23.8. The third-order valence-corrected chi connectivity index (χ3v) is 14.8. The number of quaternary nitrogens is 1. The van der Waals surface area contributed by atoms with Crippen LogP contribution in [0.1, 0.15) is 309 Å². The molecule has 0 spiro atoms. The maximum atomic E-state index is 13.0. The molecule has 3 atom stereocenters. The van der Waals surface area contributed by atoms with Crippen LogP contribution in [0.25, 0.3) is 0 Å².